The summed E-state index contributed by atoms with van der Waals surface area (Å²) in [5.41, 5.74) is 4.44. The minimum atomic E-state index is -0.521. The van der Waals surface area contributed by atoms with Gasteiger partial charge < -0.3 is 9.84 Å². The summed E-state index contributed by atoms with van der Waals surface area (Å²) in [6, 6.07) is 11.1. The van der Waals surface area contributed by atoms with Gasteiger partial charge in [0.15, 0.2) is 0 Å². The molecule has 2 aromatic rings. The van der Waals surface area contributed by atoms with Crippen molar-refractivity contribution in [2.75, 3.05) is 11.5 Å². The number of carbonyl (C=O) groups is 2. The molecule has 0 aromatic heterocycles. The van der Waals surface area contributed by atoms with Crippen LogP contribution >= 0.6 is 15.9 Å². The van der Waals surface area contributed by atoms with E-state index in [1.165, 1.54) is 34.9 Å². The monoisotopic (exact) mass is 608 g/mol. The van der Waals surface area contributed by atoms with Crippen molar-refractivity contribution in [2.45, 2.75) is 58.5 Å². The van der Waals surface area contributed by atoms with Crippen molar-refractivity contribution < 1.29 is 24.4 Å². The molecule has 3 aliphatic rings. The third kappa shape index (κ3) is 5.24. The van der Waals surface area contributed by atoms with Crippen molar-refractivity contribution in [3.8, 4) is 5.75 Å². The maximum absolute atomic E-state index is 13.7. The van der Waals surface area contributed by atoms with Gasteiger partial charge in [0.05, 0.1) is 35.2 Å². The smallest absolute Gasteiger partial charge is 0.271 e. The number of anilines is 1. The minimum Gasteiger partial charge on any atom is -0.507 e. The SMILES string of the molecule is CCCC1=C2[C@@H](CC/C(=C/c3cc(Br)ccc3O)CC)OC[C@@H]2[C@@H]2C(=O)N(c3cccc([N+](=O)[O-])c3)C(=O)[C@@H]2C1. The van der Waals surface area contributed by atoms with E-state index in [-0.39, 0.29) is 41.0 Å². The molecule has 2 fully saturated rings. The first kappa shape index (κ1) is 28.2. The summed E-state index contributed by atoms with van der Waals surface area (Å²) in [7, 11) is 0. The highest BCUT2D eigenvalue weighted by molar-refractivity contribution is 9.10. The van der Waals surface area contributed by atoms with E-state index in [0.717, 1.165) is 47.0 Å². The number of amides is 2. The second kappa shape index (κ2) is 11.7. The molecule has 2 heterocycles. The molecule has 2 amide bonds. The third-order valence-electron chi connectivity index (χ3n) is 8.39. The number of hydrogen-bond donors (Lipinski definition) is 1. The Bertz CT molecular complexity index is 1420. The van der Waals surface area contributed by atoms with Gasteiger partial charge in [0.25, 0.3) is 5.69 Å². The van der Waals surface area contributed by atoms with Crippen LogP contribution in [0.25, 0.3) is 6.08 Å². The predicted octanol–water partition coefficient (Wildman–Crippen LogP) is 6.96. The van der Waals surface area contributed by atoms with Gasteiger partial charge in [0.1, 0.15) is 5.75 Å². The molecule has 1 N–H and O–H groups in total. The van der Waals surface area contributed by atoms with Crippen LogP contribution in [0.3, 0.4) is 0 Å². The Labute approximate surface area is 242 Å². The quantitative estimate of drug-likeness (QED) is 0.143. The Morgan fingerprint density at radius 3 is 2.70 bits per heavy atom. The normalized spacial score (nSPS) is 24.5. The van der Waals surface area contributed by atoms with Gasteiger partial charge >= 0.3 is 0 Å². The fraction of sp³-hybridized carbons (Fsp3) is 0.419. The standard InChI is InChI=1S/C31H33BrN2O6/c1-3-6-19-15-24-29(31(37)33(30(24)36)22-7-5-8-23(16-22)34(38)39)25-17-40-27(28(19)25)12-9-18(4-2)13-20-14-21(32)10-11-26(20)35/h5,7-8,10-11,13-14,16,24-25,27,29,35H,3-4,6,9,12,15,17H2,1-2H3/b18-13+/t24-,25+,27-,29-/m1/s1. The molecule has 40 heavy (non-hydrogen) atoms. The predicted molar refractivity (Wildman–Crippen MR) is 156 cm³/mol. The average Bonchev–Trinajstić information content (AvgIpc) is 3.47. The lowest BCUT2D eigenvalue weighted by atomic mass is 9.68. The molecular weight excluding hydrogens is 576 g/mol. The molecule has 5 rings (SSSR count). The molecule has 2 aliphatic heterocycles. The van der Waals surface area contributed by atoms with Crippen molar-refractivity contribution in [1.29, 1.82) is 0 Å². The van der Waals surface area contributed by atoms with E-state index in [1.807, 2.05) is 12.1 Å². The lowest BCUT2D eigenvalue weighted by Crippen LogP contribution is -2.34. The number of nitro benzene ring substituents is 1. The highest BCUT2D eigenvalue weighted by Gasteiger charge is 2.57. The largest absolute Gasteiger partial charge is 0.507 e. The minimum absolute atomic E-state index is 0.131. The second-order valence-corrected chi connectivity index (χ2v) is 11.7. The van der Waals surface area contributed by atoms with E-state index in [2.05, 4.69) is 29.8 Å². The molecule has 2 saturated heterocycles. The number of aromatic hydroxyl groups is 1. The molecule has 0 saturated carbocycles. The van der Waals surface area contributed by atoms with Crippen molar-refractivity contribution >= 4 is 45.2 Å². The van der Waals surface area contributed by atoms with E-state index >= 15 is 0 Å². The first-order valence-electron chi connectivity index (χ1n) is 13.9. The van der Waals surface area contributed by atoms with Crippen molar-refractivity contribution in [2.24, 2.45) is 17.8 Å². The van der Waals surface area contributed by atoms with Gasteiger partial charge in [0, 0.05) is 28.1 Å². The fourth-order valence-corrected chi connectivity index (χ4v) is 6.92. The molecule has 8 nitrogen and oxygen atoms in total. The number of nitro groups is 1. The summed E-state index contributed by atoms with van der Waals surface area (Å²) in [6.07, 6.45) is 6.55. The molecule has 4 atom stereocenters. The first-order chi connectivity index (χ1) is 19.2. The number of ether oxygens (including phenoxy) is 1. The first-order valence-corrected chi connectivity index (χ1v) is 14.7. The number of phenols is 1. The lowest BCUT2D eigenvalue weighted by Gasteiger charge is -2.32. The lowest BCUT2D eigenvalue weighted by molar-refractivity contribution is -0.384. The van der Waals surface area contributed by atoms with Crippen molar-refractivity contribution in [1.82, 2.24) is 0 Å². The molecule has 0 unspecified atom stereocenters. The summed E-state index contributed by atoms with van der Waals surface area (Å²) in [5.74, 6) is -1.51. The van der Waals surface area contributed by atoms with Gasteiger partial charge in [-0.3, -0.25) is 19.7 Å². The highest BCUT2D eigenvalue weighted by Crippen LogP contribution is 2.51. The van der Waals surface area contributed by atoms with Crippen LogP contribution in [0.15, 0.2) is 63.7 Å². The molecule has 1 aliphatic carbocycles. The summed E-state index contributed by atoms with van der Waals surface area (Å²) in [5, 5.41) is 21.6. The topological polar surface area (TPSA) is 110 Å². The Morgan fingerprint density at radius 2 is 1.98 bits per heavy atom. The Hall–Kier alpha value is -3.30. The molecule has 0 spiro atoms. The van der Waals surface area contributed by atoms with E-state index in [4.69, 9.17) is 4.74 Å². The summed E-state index contributed by atoms with van der Waals surface area (Å²) in [6.45, 7) is 4.59. The Kier molecular flexibility index (Phi) is 8.24. The van der Waals surface area contributed by atoms with Crippen LogP contribution in [0.4, 0.5) is 11.4 Å². The summed E-state index contributed by atoms with van der Waals surface area (Å²) in [4.78, 5) is 39.3. The fourth-order valence-electron chi connectivity index (χ4n) is 6.54. The highest BCUT2D eigenvalue weighted by atomic mass is 79.9. The number of allylic oxidation sites excluding steroid dienone is 2. The van der Waals surface area contributed by atoms with Crippen LogP contribution in [0, 0.1) is 27.9 Å². The van der Waals surface area contributed by atoms with Gasteiger partial charge in [0.2, 0.25) is 11.8 Å². The number of imide groups is 1. The van der Waals surface area contributed by atoms with Crippen molar-refractivity contribution in [3.05, 3.63) is 79.3 Å². The average molecular weight is 610 g/mol. The van der Waals surface area contributed by atoms with Gasteiger partial charge in [-0.2, -0.15) is 0 Å². The van der Waals surface area contributed by atoms with E-state index in [1.54, 1.807) is 18.2 Å². The zero-order valence-corrected chi connectivity index (χ0v) is 24.2. The molecule has 0 radical (unpaired) electrons. The van der Waals surface area contributed by atoms with Gasteiger partial charge in [-0.1, -0.05) is 59.5 Å². The van der Waals surface area contributed by atoms with E-state index in [9.17, 15) is 24.8 Å². The van der Waals surface area contributed by atoms with Crippen LogP contribution in [-0.4, -0.2) is 34.6 Å². The molecular formula is C31H33BrN2O6. The maximum Gasteiger partial charge on any atom is 0.271 e. The van der Waals surface area contributed by atoms with Crippen LogP contribution < -0.4 is 4.90 Å². The number of phenolic OH excluding ortho intramolecular Hbond substituents is 1. The van der Waals surface area contributed by atoms with E-state index in [0.29, 0.717) is 13.0 Å². The number of benzene rings is 2. The van der Waals surface area contributed by atoms with Crippen LogP contribution in [0.5, 0.6) is 5.75 Å². The van der Waals surface area contributed by atoms with Crippen molar-refractivity contribution in [3.63, 3.8) is 0 Å². The zero-order valence-electron chi connectivity index (χ0n) is 22.6. The van der Waals surface area contributed by atoms with Gasteiger partial charge in [-0.15, -0.1) is 0 Å². The molecule has 9 heteroatoms. The number of carbonyl (C=O) groups excluding carboxylic acids is 2. The number of hydrogen-bond acceptors (Lipinski definition) is 6. The number of non-ortho nitro benzene ring substituents is 1. The number of halogens is 1. The van der Waals surface area contributed by atoms with Gasteiger partial charge in [-0.25, -0.2) is 4.90 Å². The zero-order chi connectivity index (χ0) is 28.6. The Morgan fingerprint density at radius 1 is 1.18 bits per heavy atom. The van der Waals surface area contributed by atoms with Gasteiger partial charge in [-0.05, 0) is 61.9 Å². The molecule has 210 valence electrons. The number of rotatable bonds is 9. The van der Waals surface area contributed by atoms with Crippen LogP contribution in [0.1, 0.15) is 57.9 Å². The number of fused-ring (bicyclic) bond motifs is 3. The Balaban J connectivity index is 1.40. The summed E-state index contributed by atoms with van der Waals surface area (Å²) >= 11 is 3.47. The second-order valence-electron chi connectivity index (χ2n) is 10.8. The maximum atomic E-state index is 13.7. The number of nitrogens with zero attached hydrogens (tertiary/aromatic N) is 2. The van der Waals surface area contributed by atoms with E-state index < -0.39 is 16.8 Å². The van der Waals surface area contributed by atoms with Crippen LogP contribution in [-0.2, 0) is 14.3 Å². The third-order valence-corrected chi connectivity index (χ3v) is 8.88. The summed E-state index contributed by atoms with van der Waals surface area (Å²) < 4.78 is 7.23. The molecule has 0 bridgehead atoms. The molecule has 2 aromatic carbocycles. The van der Waals surface area contributed by atoms with Crippen LogP contribution in [0.2, 0.25) is 0 Å².